The molecule has 0 radical (unpaired) electrons. The molecule has 5 aromatic rings. The Morgan fingerprint density at radius 1 is 1.05 bits per heavy atom. The minimum absolute atomic E-state index is 0.151. The zero-order chi connectivity index (χ0) is 27.1. The topological polar surface area (TPSA) is 98.2 Å². The second kappa shape index (κ2) is 9.51. The van der Waals surface area contributed by atoms with Crippen LogP contribution in [0.3, 0.4) is 0 Å². The maximum Gasteiger partial charge on any atom is 0.252 e. The molecule has 1 saturated carbocycles. The van der Waals surface area contributed by atoms with Crippen LogP contribution in [0.25, 0.3) is 22.1 Å². The summed E-state index contributed by atoms with van der Waals surface area (Å²) in [7, 11) is 0. The number of primary amides is 1. The van der Waals surface area contributed by atoms with Crippen LogP contribution in [0.2, 0.25) is 0 Å². The number of nitrogens with two attached hydrogens (primary N) is 1. The van der Waals surface area contributed by atoms with E-state index in [1.54, 1.807) is 30.6 Å². The van der Waals surface area contributed by atoms with E-state index in [2.05, 4.69) is 10.3 Å². The van der Waals surface area contributed by atoms with Crippen LogP contribution in [0.5, 0.6) is 0 Å². The predicted molar refractivity (Wildman–Crippen MR) is 147 cm³/mol. The quantitative estimate of drug-likeness (QED) is 0.273. The second-order valence-corrected chi connectivity index (χ2v) is 10.1. The number of nitrogens with one attached hydrogen (secondary N) is 1. The van der Waals surface area contributed by atoms with Crippen LogP contribution in [0.4, 0.5) is 4.39 Å². The molecule has 0 spiro atoms. The van der Waals surface area contributed by atoms with Crippen molar-refractivity contribution in [2.24, 2.45) is 5.73 Å². The summed E-state index contributed by atoms with van der Waals surface area (Å²) in [6, 6.07) is 21.1. The van der Waals surface area contributed by atoms with Crippen molar-refractivity contribution in [3.05, 3.63) is 125 Å². The number of fused-ring (bicyclic) bond motifs is 1. The van der Waals surface area contributed by atoms with Crippen molar-refractivity contribution in [3.63, 3.8) is 0 Å². The van der Waals surface area contributed by atoms with Crippen LogP contribution in [-0.4, -0.2) is 16.8 Å². The molecule has 2 aromatic heterocycles. The number of hydrogen-bond donors (Lipinski definition) is 2. The summed E-state index contributed by atoms with van der Waals surface area (Å²) in [4.78, 5) is 30.0. The van der Waals surface area contributed by atoms with Crippen molar-refractivity contribution in [1.82, 2.24) is 10.3 Å². The maximum atomic E-state index is 13.4. The normalized spacial score (nSPS) is 13.8. The number of hydrogen-bond acceptors (Lipinski definition) is 4. The molecule has 6 rings (SSSR count). The number of aryl methyl sites for hydroxylation is 1. The van der Waals surface area contributed by atoms with E-state index < -0.39 is 5.91 Å². The Bertz CT molecular complexity index is 1720. The van der Waals surface area contributed by atoms with Crippen LogP contribution in [0, 0.1) is 12.7 Å². The standard InChI is InChI=1S/C32H26FN3O3/c1-19-4-7-22(31(38)36-32(12-13-32)23-3-2-14-35-18-23)17-25(19)21-8-11-27-26(16-21)29(30(34)37)28(39-27)15-20-5-9-24(33)10-6-20/h2-11,14,16-18H,12-13,15H2,1H3,(H2,34,37)(H,36,38). The molecule has 39 heavy (non-hydrogen) atoms. The largest absolute Gasteiger partial charge is 0.460 e. The van der Waals surface area contributed by atoms with Crippen molar-refractivity contribution in [1.29, 1.82) is 0 Å². The minimum atomic E-state index is -0.599. The minimum Gasteiger partial charge on any atom is -0.460 e. The fourth-order valence-electron chi connectivity index (χ4n) is 5.12. The fraction of sp³-hybridized carbons (Fsp3) is 0.156. The van der Waals surface area contributed by atoms with Gasteiger partial charge in [-0.15, -0.1) is 0 Å². The summed E-state index contributed by atoms with van der Waals surface area (Å²) in [5.74, 6) is -0.658. The molecule has 6 nitrogen and oxygen atoms in total. The van der Waals surface area contributed by atoms with Crippen LogP contribution in [0.15, 0.2) is 89.6 Å². The van der Waals surface area contributed by atoms with E-state index in [1.165, 1.54) is 12.1 Å². The molecule has 2 amide bonds. The molecule has 0 aliphatic heterocycles. The van der Waals surface area contributed by atoms with E-state index in [0.717, 1.165) is 40.7 Å². The van der Waals surface area contributed by atoms with Gasteiger partial charge in [0.25, 0.3) is 11.8 Å². The number of pyridine rings is 1. The first-order valence-electron chi connectivity index (χ1n) is 12.8. The molecule has 1 aliphatic rings. The monoisotopic (exact) mass is 519 g/mol. The van der Waals surface area contributed by atoms with Gasteiger partial charge in [0.1, 0.15) is 17.2 Å². The van der Waals surface area contributed by atoms with Crippen LogP contribution < -0.4 is 11.1 Å². The fourth-order valence-corrected chi connectivity index (χ4v) is 5.12. The zero-order valence-corrected chi connectivity index (χ0v) is 21.3. The van der Waals surface area contributed by atoms with Gasteiger partial charge in [-0.05, 0) is 90.0 Å². The Kier molecular flexibility index (Phi) is 5.99. The van der Waals surface area contributed by atoms with Gasteiger partial charge in [0, 0.05) is 29.8 Å². The molecular weight excluding hydrogens is 493 g/mol. The summed E-state index contributed by atoms with van der Waals surface area (Å²) in [5.41, 5.74) is 11.3. The van der Waals surface area contributed by atoms with Gasteiger partial charge < -0.3 is 15.5 Å². The Balaban J connectivity index is 1.34. The molecule has 3 aromatic carbocycles. The smallest absolute Gasteiger partial charge is 0.252 e. The number of benzene rings is 3. The average Bonchev–Trinajstić information content (AvgIpc) is 3.62. The van der Waals surface area contributed by atoms with Crippen molar-refractivity contribution in [2.75, 3.05) is 0 Å². The number of amides is 2. The molecule has 194 valence electrons. The number of halogens is 1. The third kappa shape index (κ3) is 4.68. The van der Waals surface area contributed by atoms with Crippen LogP contribution in [-0.2, 0) is 12.0 Å². The van der Waals surface area contributed by atoms with Crippen molar-refractivity contribution >= 4 is 22.8 Å². The second-order valence-electron chi connectivity index (χ2n) is 10.1. The number of carbonyl (C=O) groups excluding carboxylic acids is 2. The van der Waals surface area contributed by atoms with Gasteiger partial charge in [0.15, 0.2) is 0 Å². The number of furan rings is 1. The van der Waals surface area contributed by atoms with Crippen LogP contribution in [0.1, 0.15) is 56.0 Å². The Morgan fingerprint density at radius 2 is 1.85 bits per heavy atom. The molecule has 3 N–H and O–H groups in total. The lowest BCUT2D eigenvalue weighted by molar-refractivity contribution is 0.0929. The van der Waals surface area contributed by atoms with Crippen molar-refractivity contribution in [2.45, 2.75) is 31.7 Å². The maximum absolute atomic E-state index is 13.4. The highest BCUT2D eigenvalue weighted by Gasteiger charge is 2.46. The number of nitrogens with zero attached hydrogens (tertiary/aromatic N) is 1. The molecule has 1 aliphatic carbocycles. The summed E-state index contributed by atoms with van der Waals surface area (Å²) < 4.78 is 19.4. The third-order valence-electron chi connectivity index (χ3n) is 7.41. The van der Waals surface area contributed by atoms with E-state index in [4.69, 9.17) is 10.2 Å². The van der Waals surface area contributed by atoms with Gasteiger partial charge in [-0.2, -0.15) is 0 Å². The van der Waals surface area contributed by atoms with E-state index in [9.17, 15) is 14.0 Å². The molecule has 0 saturated heterocycles. The number of carbonyl (C=O) groups is 2. The third-order valence-corrected chi connectivity index (χ3v) is 7.41. The number of aromatic nitrogens is 1. The lowest BCUT2D eigenvalue weighted by atomic mass is 9.95. The van der Waals surface area contributed by atoms with Gasteiger partial charge in [0.2, 0.25) is 0 Å². The Morgan fingerprint density at radius 3 is 2.54 bits per heavy atom. The summed E-state index contributed by atoms with van der Waals surface area (Å²) in [6.07, 6.45) is 5.57. The molecular formula is C32H26FN3O3. The zero-order valence-electron chi connectivity index (χ0n) is 21.3. The highest BCUT2D eigenvalue weighted by Crippen LogP contribution is 2.45. The summed E-state index contributed by atoms with van der Waals surface area (Å²) >= 11 is 0. The Hall–Kier alpha value is -4.78. The van der Waals surface area contributed by atoms with Gasteiger partial charge in [-0.1, -0.05) is 30.3 Å². The van der Waals surface area contributed by atoms with E-state index in [0.29, 0.717) is 34.3 Å². The predicted octanol–water partition coefficient (Wildman–Crippen LogP) is 6.05. The lowest BCUT2D eigenvalue weighted by Crippen LogP contribution is -2.34. The molecule has 2 heterocycles. The van der Waals surface area contributed by atoms with Gasteiger partial charge in [-0.3, -0.25) is 14.6 Å². The van der Waals surface area contributed by atoms with E-state index >= 15 is 0 Å². The van der Waals surface area contributed by atoms with E-state index in [1.807, 2.05) is 49.4 Å². The van der Waals surface area contributed by atoms with Gasteiger partial charge in [0.05, 0.1) is 11.1 Å². The molecule has 0 bridgehead atoms. The van der Waals surface area contributed by atoms with Gasteiger partial charge >= 0.3 is 0 Å². The van der Waals surface area contributed by atoms with Crippen LogP contribution >= 0.6 is 0 Å². The molecule has 0 unspecified atom stereocenters. The molecule has 7 heteroatoms. The number of rotatable bonds is 7. The first kappa shape index (κ1) is 24.6. The summed E-state index contributed by atoms with van der Waals surface area (Å²) in [5, 5.41) is 3.80. The highest BCUT2D eigenvalue weighted by molar-refractivity contribution is 6.07. The highest BCUT2D eigenvalue weighted by atomic mass is 19.1. The first-order chi connectivity index (χ1) is 18.8. The molecule has 0 atom stereocenters. The average molecular weight is 520 g/mol. The van der Waals surface area contributed by atoms with Crippen molar-refractivity contribution < 1.29 is 18.4 Å². The lowest BCUT2D eigenvalue weighted by Gasteiger charge is -2.18. The molecule has 1 fully saturated rings. The van der Waals surface area contributed by atoms with Crippen molar-refractivity contribution in [3.8, 4) is 11.1 Å². The first-order valence-corrected chi connectivity index (χ1v) is 12.8. The van der Waals surface area contributed by atoms with E-state index in [-0.39, 0.29) is 17.3 Å². The van der Waals surface area contributed by atoms with Gasteiger partial charge in [-0.25, -0.2) is 4.39 Å². The summed E-state index contributed by atoms with van der Waals surface area (Å²) in [6.45, 7) is 1.98. The Labute approximate surface area is 224 Å². The SMILES string of the molecule is Cc1ccc(C(=O)NC2(c3cccnc3)CC2)cc1-c1ccc2oc(Cc3ccc(F)cc3)c(C(N)=O)c2c1.